The highest BCUT2D eigenvalue weighted by Gasteiger charge is 2.14. The first-order chi connectivity index (χ1) is 10.5. The Morgan fingerprint density at radius 3 is 2.82 bits per heavy atom. The lowest BCUT2D eigenvalue weighted by atomic mass is 10.1. The van der Waals surface area contributed by atoms with Crippen molar-refractivity contribution in [3.05, 3.63) is 57.6 Å². The summed E-state index contributed by atoms with van der Waals surface area (Å²) < 4.78 is 11.0. The lowest BCUT2D eigenvalue weighted by Crippen LogP contribution is -1.96. The number of ketones is 1. The van der Waals surface area contributed by atoms with Crippen LogP contribution in [0.1, 0.15) is 21.5 Å². The molecule has 1 aliphatic rings. The third kappa shape index (κ3) is 2.85. The van der Waals surface area contributed by atoms with Gasteiger partial charge in [0, 0.05) is 0 Å². The molecule has 0 spiro atoms. The quantitative estimate of drug-likeness (QED) is 0.661. The lowest BCUT2D eigenvalue weighted by molar-refractivity contribution is 0.104. The molecule has 0 aliphatic carbocycles. The molecular formula is C17H13BrO4. The average Bonchev–Trinajstić information content (AvgIpc) is 2.96. The van der Waals surface area contributed by atoms with E-state index in [2.05, 4.69) is 15.9 Å². The molecular weight excluding hydrogens is 348 g/mol. The highest BCUT2D eigenvalue weighted by atomic mass is 79.9. The number of carbonyl (C=O) groups excluding carboxylic acids is 1. The van der Waals surface area contributed by atoms with Gasteiger partial charge < -0.3 is 14.6 Å². The molecule has 1 aliphatic heterocycles. The van der Waals surface area contributed by atoms with E-state index in [1.54, 1.807) is 30.3 Å². The molecule has 0 aromatic heterocycles. The fourth-order valence-corrected chi connectivity index (χ4v) is 2.78. The summed E-state index contributed by atoms with van der Waals surface area (Å²) in [5.41, 5.74) is 1.98. The van der Waals surface area contributed by atoms with E-state index in [0.717, 1.165) is 11.1 Å². The maximum absolute atomic E-state index is 12.3. The Kier molecular flexibility index (Phi) is 3.90. The number of fused-ring (bicyclic) bond motifs is 1. The van der Waals surface area contributed by atoms with Gasteiger partial charge >= 0.3 is 0 Å². The van der Waals surface area contributed by atoms with Crippen molar-refractivity contribution in [1.82, 2.24) is 0 Å². The molecule has 1 N–H and O–H groups in total. The number of ether oxygens (including phenoxy) is 2. The minimum atomic E-state index is -0.264. The maximum Gasteiger partial charge on any atom is 0.231 e. The molecule has 0 radical (unpaired) electrons. The van der Waals surface area contributed by atoms with Crippen molar-refractivity contribution in [2.24, 2.45) is 0 Å². The van der Waals surface area contributed by atoms with E-state index in [4.69, 9.17) is 9.47 Å². The summed E-state index contributed by atoms with van der Waals surface area (Å²) in [7, 11) is 0. The van der Waals surface area contributed by atoms with E-state index in [-0.39, 0.29) is 23.9 Å². The predicted molar refractivity (Wildman–Crippen MR) is 86.5 cm³/mol. The summed E-state index contributed by atoms with van der Waals surface area (Å²) in [6.07, 6.45) is 3.11. The van der Waals surface area contributed by atoms with Crippen molar-refractivity contribution < 1.29 is 19.4 Å². The Hall–Kier alpha value is -2.27. The van der Waals surface area contributed by atoms with E-state index in [0.29, 0.717) is 16.0 Å². The molecule has 4 nitrogen and oxygen atoms in total. The Labute approximate surface area is 136 Å². The molecule has 0 bridgehead atoms. The van der Waals surface area contributed by atoms with Crippen LogP contribution in [0.2, 0.25) is 0 Å². The Balaban J connectivity index is 1.85. The Morgan fingerprint density at radius 2 is 2.00 bits per heavy atom. The van der Waals surface area contributed by atoms with Crippen molar-refractivity contribution in [3.8, 4) is 17.2 Å². The van der Waals surface area contributed by atoms with Crippen molar-refractivity contribution in [2.45, 2.75) is 6.92 Å². The van der Waals surface area contributed by atoms with Gasteiger partial charge in [0.1, 0.15) is 5.75 Å². The minimum absolute atomic E-state index is 0.0501. The molecule has 0 atom stereocenters. The third-order valence-corrected chi connectivity index (χ3v) is 3.90. The van der Waals surface area contributed by atoms with Gasteiger partial charge in [-0.25, -0.2) is 0 Å². The van der Waals surface area contributed by atoms with Crippen LogP contribution in [0.25, 0.3) is 6.08 Å². The molecule has 0 saturated carbocycles. The van der Waals surface area contributed by atoms with Crippen LogP contribution in [-0.4, -0.2) is 17.7 Å². The molecule has 0 saturated heterocycles. The number of phenols is 1. The number of hydrogen-bond donors (Lipinski definition) is 1. The highest BCUT2D eigenvalue weighted by molar-refractivity contribution is 9.10. The first-order valence-electron chi connectivity index (χ1n) is 6.66. The van der Waals surface area contributed by atoms with Gasteiger partial charge in [-0.15, -0.1) is 0 Å². The van der Waals surface area contributed by atoms with Crippen molar-refractivity contribution in [1.29, 1.82) is 0 Å². The summed E-state index contributed by atoms with van der Waals surface area (Å²) in [6, 6.07) is 8.86. The van der Waals surface area contributed by atoms with Crippen LogP contribution in [-0.2, 0) is 0 Å². The Morgan fingerprint density at radius 1 is 1.23 bits per heavy atom. The van der Waals surface area contributed by atoms with E-state index < -0.39 is 0 Å². The van der Waals surface area contributed by atoms with Crippen LogP contribution < -0.4 is 9.47 Å². The molecule has 22 heavy (non-hydrogen) atoms. The zero-order valence-electron chi connectivity index (χ0n) is 11.8. The number of carbonyl (C=O) groups is 1. The number of benzene rings is 2. The summed E-state index contributed by atoms with van der Waals surface area (Å²) in [4.78, 5) is 12.3. The number of aryl methyl sites for hydroxylation is 1. The second kappa shape index (κ2) is 5.85. The summed E-state index contributed by atoms with van der Waals surface area (Å²) in [5.74, 6) is 1.05. The van der Waals surface area contributed by atoms with Crippen molar-refractivity contribution >= 4 is 27.8 Å². The summed E-state index contributed by atoms with van der Waals surface area (Å²) in [6.45, 7) is 2.08. The Bertz CT molecular complexity index is 780. The molecule has 5 heteroatoms. The normalized spacial score (nSPS) is 12.8. The second-order valence-electron chi connectivity index (χ2n) is 4.95. The average molecular weight is 361 g/mol. The van der Waals surface area contributed by atoms with E-state index in [9.17, 15) is 9.90 Å². The second-order valence-corrected chi connectivity index (χ2v) is 5.81. The molecule has 2 aromatic carbocycles. The molecule has 1 heterocycles. The molecule has 0 amide bonds. The van der Waals surface area contributed by atoms with Gasteiger partial charge in [0.2, 0.25) is 6.79 Å². The van der Waals surface area contributed by atoms with Crippen LogP contribution in [0.3, 0.4) is 0 Å². The zero-order chi connectivity index (χ0) is 15.7. The largest absolute Gasteiger partial charge is 0.506 e. The SMILES string of the molecule is Cc1cc(Br)c(O)c(C(=O)/C=C/c2ccc3c(c2)OCO3)c1. The zero-order valence-corrected chi connectivity index (χ0v) is 13.4. The third-order valence-electron chi connectivity index (χ3n) is 3.30. The summed E-state index contributed by atoms with van der Waals surface area (Å²) in [5, 5.41) is 9.98. The maximum atomic E-state index is 12.3. The lowest BCUT2D eigenvalue weighted by Gasteiger charge is -2.05. The predicted octanol–water partition coefficient (Wildman–Crippen LogP) is 4.09. The molecule has 2 aromatic rings. The fraction of sp³-hybridized carbons (Fsp3) is 0.118. The van der Waals surface area contributed by atoms with Gasteiger partial charge in [0.15, 0.2) is 17.3 Å². The number of halogens is 1. The highest BCUT2D eigenvalue weighted by Crippen LogP contribution is 2.33. The van der Waals surface area contributed by atoms with Crippen LogP contribution >= 0.6 is 15.9 Å². The van der Waals surface area contributed by atoms with E-state index in [1.807, 2.05) is 13.0 Å². The number of allylic oxidation sites excluding steroid dienone is 1. The summed E-state index contributed by atoms with van der Waals surface area (Å²) >= 11 is 3.24. The van der Waals surface area contributed by atoms with Crippen LogP contribution in [0, 0.1) is 6.92 Å². The van der Waals surface area contributed by atoms with Crippen molar-refractivity contribution in [3.63, 3.8) is 0 Å². The van der Waals surface area contributed by atoms with E-state index in [1.165, 1.54) is 6.08 Å². The number of rotatable bonds is 3. The van der Waals surface area contributed by atoms with Crippen LogP contribution in [0.5, 0.6) is 17.2 Å². The number of hydrogen-bond acceptors (Lipinski definition) is 4. The smallest absolute Gasteiger partial charge is 0.231 e. The molecule has 0 fully saturated rings. The van der Waals surface area contributed by atoms with Gasteiger partial charge in [0.25, 0.3) is 0 Å². The van der Waals surface area contributed by atoms with Crippen LogP contribution in [0.15, 0.2) is 40.9 Å². The monoisotopic (exact) mass is 360 g/mol. The molecule has 112 valence electrons. The van der Waals surface area contributed by atoms with Gasteiger partial charge in [-0.3, -0.25) is 4.79 Å². The number of aromatic hydroxyl groups is 1. The van der Waals surface area contributed by atoms with Gasteiger partial charge in [-0.2, -0.15) is 0 Å². The van der Waals surface area contributed by atoms with Gasteiger partial charge in [0.05, 0.1) is 10.0 Å². The number of phenolic OH excluding ortho intramolecular Hbond substituents is 1. The fourth-order valence-electron chi connectivity index (χ4n) is 2.20. The van der Waals surface area contributed by atoms with Crippen molar-refractivity contribution in [2.75, 3.05) is 6.79 Å². The molecule has 0 unspecified atom stereocenters. The minimum Gasteiger partial charge on any atom is -0.506 e. The van der Waals surface area contributed by atoms with Gasteiger partial charge in [-0.1, -0.05) is 12.1 Å². The van der Waals surface area contributed by atoms with E-state index >= 15 is 0 Å². The standard InChI is InChI=1S/C17H13BrO4/c1-10-6-12(17(20)13(18)7-10)14(19)4-2-11-3-5-15-16(8-11)22-9-21-15/h2-8,20H,9H2,1H3/b4-2+. The van der Waals surface area contributed by atoms with Crippen LogP contribution in [0.4, 0.5) is 0 Å². The first-order valence-corrected chi connectivity index (χ1v) is 7.45. The first kappa shape index (κ1) is 14.7. The van der Waals surface area contributed by atoms with Gasteiger partial charge in [-0.05, 0) is 64.3 Å². The topological polar surface area (TPSA) is 55.8 Å². The molecule has 3 rings (SSSR count).